The van der Waals surface area contributed by atoms with Gasteiger partial charge in [-0.05, 0) is 26.8 Å². The maximum atomic E-state index is 12.3. The number of rotatable bonds is 3. The van der Waals surface area contributed by atoms with Crippen LogP contribution in [-0.2, 0) is 4.74 Å². The van der Waals surface area contributed by atoms with Crippen LogP contribution in [-0.4, -0.2) is 32.7 Å². The van der Waals surface area contributed by atoms with Gasteiger partial charge in [0.15, 0.2) is 12.0 Å². The van der Waals surface area contributed by atoms with Crippen LogP contribution in [0.2, 0.25) is 0 Å². The summed E-state index contributed by atoms with van der Waals surface area (Å²) in [5.74, 6) is 1.26. The Hall–Kier alpha value is -3.48. The highest BCUT2D eigenvalue weighted by atomic mass is 16.6. The normalized spacial score (nSPS) is 15.3. The number of carbonyl (C=O) groups is 1. The SMILES string of the molecule is Cc1nnc2n1-c1ccccc1C(c1ccccc1)=NC2NC(=O)OC(C)C. The van der Waals surface area contributed by atoms with Crippen molar-refractivity contribution in [3.8, 4) is 5.69 Å². The number of para-hydroxylation sites is 1. The molecule has 4 rings (SSSR count). The smallest absolute Gasteiger partial charge is 0.409 e. The monoisotopic (exact) mass is 375 g/mol. The van der Waals surface area contributed by atoms with E-state index >= 15 is 0 Å². The van der Waals surface area contributed by atoms with Crippen molar-refractivity contribution in [2.75, 3.05) is 0 Å². The Kier molecular flexibility index (Phi) is 4.65. The lowest BCUT2D eigenvalue weighted by Gasteiger charge is -2.15. The molecule has 1 amide bonds. The summed E-state index contributed by atoms with van der Waals surface area (Å²) >= 11 is 0. The van der Waals surface area contributed by atoms with Crippen LogP contribution in [0.15, 0.2) is 59.6 Å². The number of nitrogens with one attached hydrogen (secondary N) is 1. The number of aliphatic imine (C=N–C) groups is 1. The summed E-state index contributed by atoms with van der Waals surface area (Å²) in [7, 11) is 0. The highest BCUT2D eigenvalue weighted by molar-refractivity contribution is 6.15. The minimum atomic E-state index is -0.727. The Labute approximate surface area is 163 Å². The molecule has 0 aliphatic carbocycles. The fraction of sp³-hybridized carbons (Fsp3) is 0.238. The van der Waals surface area contributed by atoms with E-state index in [0.717, 1.165) is 28.4 Å². The molecule has 28 heavy (non-hydrogen) atoms. The minimum Gasteiger partial charge on any atom is -0.447 e. The van der Waals surface area contributed by atoms with Gasteiger partial charge in [-0.2, -0.15) is 0 Å². The third-order valence-corrected chi connectivity index (χ3v) is 4.40. The van der Waals surface area contributed by atoms with Crippen LogP contribution < -0.4 is 5.32 Å². The van der Waals surface area contributed by atoms with Crippen LogP contribution >= 0.6 is 0 Å². The van der Waals surface area contributed by atoms with Crippen molar-refractivity contribution in [1.29, 1.82) is 0 Å². The third kappa shape index (κ3) is 3.26. The lowest BCUT2D eigenvalue weighted by Crippen LogP contribution is -2.31. The molecule has 142 valence electrons. The van der Waals surface area contributed by atoms with Crippen molar-refractivity contribution in [3.63, 3.8) is 0 Å². The maximum Gasteiger partial charge on any atom is 0.409 e. The van der Waals surface area contributed by atoms with Gasteiger partial charge < -0.3 is 4.74 Å². The van der Waals surface area contributed by atoms with Crippen molar-refractivity contribution in [1.82, 2.24) is 20.1 Å². The molecule has 1 aromatic heterocycles. The summed E-state index contributed by atoms with van der Waals surface area (Å²) in [5.41, 5.74) is 3.59. The van der Waals surface area contributed by atoms with Gasteiger partial charge in [0, 0.05) is 11.1 Å². The first-order chi connectivity index (χ1) is 13.5. The van der Waals surface area contributed by atoms with Gasteiger partial charge in [-0.3, -0.25) is 14.9 Å². The largest absolute Gasteiger partial charge is 0.447 e. The average Bonchev–Trinajstić information content (AvgIpc) is 3.00. The summed E-state index contributed by atoms with van der Waals surface area (Å²) in [4.78, 5) is 17.2. The molecule has 0 spiro atoms. The second kappa shape index (κ2) is 7.26. The predicted molar refractivity (Wildman–Crippen MR) is 106 cm³/mol. The Morgan fingerprint density at radius 1 is 1.07 bits per heavy atom. The Balaban J connectivity index is 1.89. The van der Waals surface area contributed by atoms with Crippen LogP contribution in [0, 0.1) is 6.92 Å². The fourth-order valence-corrected chi connectivity index (χ4v) is 3.26. The number of alkyl carbamates (subject to hydrolysis) is 1. The zero-order valence-electron chi connectivity index (χ0n) is 16.0. The first kappa shape index (κ1) is 17.9. The molecule has 7 nitrogen and oxygen atoms in total. The minimum absolute atomic E-state index is 0.236. The van der Waals surface area contributed by atoms with E-state index in [1.165, 1.54) is 0 Å². The molecule has 0 saturated heterocycles. The number of aryl methyl sites for hydroxylation is 1. The second-order valence-electron chi connectivity index (χ2n) is 6.80. The highest BCUT2D eigenvalue weighted by Crippen LogP contribution is 2.29. The standard InChI is InChI=1S/C21H21N5O2/c1-13(2)28-21(27)23-19-20-25-24-14(3)26(20)17-12-8-7-11-16(17)18(22-19)15-9-5-4-6-10-15/h4-13,19H,1-3H3,(H,23,27). The molecular weight excluding hydrogens is 354 g/mol. The molecular formula is C21H21N5O2. The van der Waals surface area contributed by atoms with Crippen molar-refractivity contribution in [2.45, 2.75) is 33.0 Å². The first-order valence-electron chi connectivity index (χ1n) is 9.16. The zero-order valence-corrected chi connectivity index (χ0v) is 16.0. The molecule has 1 aliphatic heterocycles. The molecule has 1 N–H and O–H groups in total. The van der Waals surface area contributed by atoms with Gasteiger partial charge >= 0.3 is 6.09 Å². The van der Waals surface area contributed by atoms with Gasteiger partial charge in [0.25, 0.3) is 0 Å². The van der Waals surface area contributed by atoms with E-state index in [1.807, 2.05) is 66.1 Å². The number of amides is 1. The van der Waals surface area contributed by atoms with E-state index in [2.05, 4.69) is 15.5 Å². The molecule has 1 aliphatic rings. The van der Waals surface area contributed by atoms with E-state index in [4.69, 9.17) is 9.73 Å². The summed E-state index contributed by atoms with van der Waals surface area (Å²) in [6.07, 6.45) is -1.51. The maximum absolute atomic E-state index is 12.3. The molecule has 7 heteroatoms. The Morgan fingerprint density at radius 3 is 2.54 bits per heavy atom. The van der Waals surface area contributed by atoms with Gasteiger partial charge in [0.2, 0.25) is 0 Å². The number of ether oxygens (including phenoxy) is 1. The zero-order chi connectivity index (χ0) is 19.7. The molecule has 2 aromatic carbocycles. The topological polar surface area (TPSA) is 81.4 Å². The van der Waals surface area contributed by atoms with Gasteiger partial charge in [0.05, 0.1) is 17.5 Å². The van der Waals surface area contributed by atoms with E-state index in [-0.39, 0.29) is 6.10 Å². The van der Waals surface area contributed by atoms with Crippen LogP contribution in [0.3, 0.4) is 0 Å². The Bertz CT molecular complexity index is 1040. The second-order valence-corrected chi connectivity index (χ2v) is 6.80. The number of hydrogen-bond donors (Lipinski definition) is 1. The summed E-state index contributed by atoms with van der Waals surface area (Å²) in [5, 5.41) is 11.3. The first-order valence-corrected chi connectivity index (χ1v) is 9.16. The number of aromatic nitrogens is 3. The van der Waals surface area contributed by atoms with Crippen LogP contribution in [0.4, 0.5) is 4.79 Å². The average molecular weight is 375 g/mol. The molecule has 0 bridgehead atoms. The molecule has 2 heterocycles. The highest BCUT2D eigenvalue weighted by Gasteiger charge is 2.29. The van der Waals surface area contributed by atoms with Gasteiger partial charge in [-0.15, -0.1) is 10.2 Å². The molecule has 0 saturated carbocycles. The number of carbonyl (C=O) groups excluding carboxylic acids is 1. The molecule has 1 atom stereocenters. The molecule has 0 fully saturated rings. The number of nitrogens with zero attached hydrogens (tertiary/aromatic N) is 4. The van der Waals surface area contributed by atoms with Gasteiger partial charge in [-0.25, -0.2) is 4.79 Å². The van der Waals surface area contributed by atoms with Crippen molar-refractivity contribution >= 4 is 11.8 Å². The molecule has 0 radical (unpaired) electrons. The lowest BCUT2D eigenvalue weighted by molar-refractivity contribution is 0.112. The Morgan fingerprint density at radius 2 is 1.79 bits per heavy atom. The van der Waals surface area contributed by atoms with Crippen LogP contribution in [0.1, 0.15) is 42.8 Å². The van der Waals surface area contributed by atoms with Gasteiger partial charge in [-0.1, -0.05) is 48.5 Å². The van der Waals surface area contributed by atoms with E-state index in [1.54, 1.807) is 13.8 Å². The van der Waals surface area contributed by atoms with E-state index in [9.17, 15) is 4.79 Å². The lowest BCUT2D eigenvalue weighted by atomic mass is 10.0. The summed E-state index contributed by atoms with van der Waals surface area (Å²) in [6.45, 7) is 5.48. The fourth-order valence-electron chi connectivity index (χ4n) is 3.26. The van der Waals surface area contributed by atoms with E-state index in [0.29, 0.717) is 5.82 Å². The number of hydrogen-bond acceptors (Lipinski definition) is 5. The van der Waals surface area contributed by atoms with Crippen molar-refractivity contribution < 1.29 is 9.53 Å². The van der Waals surface area contributed by atoms with Crippen molar-refractivity contribution in [3.05, 3.63) is 77.4 Å². The molecule has 1 unspecified atom stereocenters. The van der Waals surface area contributed by atoms with Crippen LogP contribution in [0.25, 0.3) is 5.69 Å². The number of benzene rings is 2. The molecule has 3 aromatic rings. The van der Waals surface area contributed by atoms with Crippen LogP contribution in [0.5, 0.6) is 0 Å². The predicted octanol–water partition coefficient (Wildman–Crippen LogP) is 3.56. The summed E-state index contributed by atoms with van der Waals surface area (Å²) < 4.78 is 7.18. The van der Waals surface area contributed by atoms with E-state index < -0.39 is 12.3 Å². The quantitative estimate of drug-likeness (QED) is 0.759. The number of fused-ring (bicyclic) bond motifs is 3. The van der Waals surface area contributed by atoms with Crippen molar-refractivity contribution in [2.24, 2.45) is 4.99 Å². The summed E-state index contributed by atoms with van der Waals surface area (Å²) in [6, 6.07) is 17.8. The third-order valence-electron chi connectivity index (χ3n) is 4.40. The van der Waals surface area contributed by atoms with Gasteiger partial charge in [0.1, 0.15) is 5.82 Å².